The molecule has 144 valence electrons. The molecule has 0 radical (unpaired) electrons. The van der Waals surface area contributed by atoms with E-state index < -0.39 is 0 Å². The van der Waals surface area contributed by atoms with Crippen LogP contribution in [-0.2, 0) is 0 Å². The molecule has 0 saturated carbocycles. The van der Waals surface area contributed by atoms with Crippen molar-refractivity contribution in [3.8, 4) is 17.3 Å². The van der Waals surface area contributed by atoms with E-state index in [2.05, 4.69) is 38.1 Å². The van der Waals surface area contributed by atoms with Crippen LogP contribution in [0.2, 0.25) is 10.0 Å². The first-order chi connectivity index (χ1) is 13.5. The molecule has 3 heterocycles. The topological polar surface area (TPSA) is 108 Å². The number of aromatic amines is 1. The fourth-order valence-electron chi connectivity index (χ4n) is 3.53. The van der Waals surface area contributed by atoms with Crippen molar-refractivity contribution in [1.82, 2.24) is 20.2 Å². The zero-order valence-electron chi connectivity index (χ0n) is 15.3. The SMILES string of the molecule is CCC1(N)CCN(c2nc(C#N)c3c(-c4cccc(Cl)c4Cl)n[nH]c3n2)CC1. The molecule has 1 aromatic carbocycles. The fraction of sp³-hybridized carbons (Fsp3) is 0.368. The van der Waals surface area contributed by atoms with E-state index in [0.717, 1.165) is 32.4 Å². The number of hydrogen-bond acceptors (Lipinski definition) is 6. The van der Waals surface area contributed by atoms with E-state index in [1.54, 1.807) is 18.2 Å². The lowest BCUT2D eigenvalue weighted by Gasteiger charge is -2.38. The van der Waals surface area contributed by atoms with Crippen molar-refractivity contribution < 1.29 is 0 Å². The van der Waals surface area contributed by atoms with Gasteiger partial charge in [0.15, 0.2) is 11.3 Å². The van der Waals surface area contributed by atoms with Gasteiger partial charge in [-0.3, -0.25) is 5.10 Å². The number of nitriles is 1. The third-order valence-corrected chi connectivity index (χ3v) is 6.29. The van der Waals surface area contributed by atoms with Gasteiger partial charge in [0, 0.05) is 24.2 Å². The van der Waals surface area contributed by atoms with Gasteiger partial charge in [-0.2, -0.15) is 15.3 Å². The van der Waals surface area contributed by atoms with Crippen molar-refractivity contribution in [3.05, 3.63) is 33.9 Å². The number of fused-ring (bicyclic) bond motifs is 1. The largest absolute Gasteiger partial charge is 0.341 e. The molecule has 0 amide bonds. The number of aromatic nitrogens is 4. The first-order valence-corrected chi connectivity index (χ1v) is 9.86. The van der Waals surface area contributed by atoms with Crippen LogP contribution < -0.4 is 10.6 Å². The highest BCUT2D eigenvalue weighted by atomic mass is 35.5. The van der Waals surface area contributed by atoms with Gasteiger partial charge in [0.1, 0.15) is 11.8 Å². The second-order valence-electron chi connectivity index (χ2n) is 7.08. The van der Waals surface area contributed by atoms with E-state index in [9.17, 15) is 5.26 Å². The first-order valence-electron chi connectivity index (χ1n) is 9.10. The van der Waals surface area contributed by atoms with Gasteiger partial charge in [-0.1, -0.05) is 42.3 Å². The van der Waals surface area contributed by atoms with Gasteiger partial charge in [-0.15, -0.1) is 0 Å². The molecular weight excluding hydrogens is 397 g/mol. The fourth-order valence-corrected chi connectivity index (χ4v) is 3.92. The monoisotopic (exact) mass is 415 g/mol. The lowest BCUT2D eigenvalue weighted by molar-refractivity contribution is 0.321. The number of rotatable bonds is 3. The highest BCUT2D eigenvalue weighted by molar-refractivity contribution is 6.43. The highest BCUT2D eigenvalue weighted by Gasteiger charge is 2.30. The molecule has 1 fully saturated rings. The maximum absolute atomic E-state index is 9.71. The Morgan fingerprint density at radius 1 is 1.29 bits per heavy atom. The molecule has 0 unspecified atom stereocenters. The van der Waals surface area contributed by atoms with E-state index in [1.165, 1.54) is 0 Å². The Morgan fingerprint density at radius 3 is 2.71 bits per heavy atom. The van der Waals surface area contributed by atoms with E-state index in [0.29, 0.717) is 38.3 Å². The minimum Gasteiger partial charge on any atom is -0.341 e. The Hall–Kier alpha value is -2.40. The van der Waals surface area contributed by atoms with Gasteiger partial charge in [0.25, 0.3) is 0 Å². The molecule has 0 aliphatic carbocycles. The molecule has 0 spiro atoms. The molecule has 9 heteroatoms. The van der Waals surface area contributed by atoms with Crippen LogP contribution in [0.15, 0.2) is 18.2 Å². The minimum atomic E-state index is -0.136. The summed E-state index contributed by atoms with van der Waals surface area (Å²) in [5.41, 5.74) is 8.12. The van der Waals surface area contributed by atoms with Crippen LogP contribution >= 0.6 is 23.2 Å². The van der Waals surface area contributed by atoms with Crippen molar-refractivity contribution in [2.45, 2.75) is 31.7 Å². The van der Waals surface area contributed by atoms with Crippen LogP contribution in [0.1, 0.15) is 31.9 Å². The Bertz CT molecular complexity index is 1080. The molecule has 2 aromatic heterocycles. The van der Waals surface area contributed by atoms with Crippen molar-refractivity contribution in [2.24, 2.45) is 5.73 Å². The average molecular weight is 416 g/mol. The summed E-state index contributed by atoms with van der Waals surface area (Å²) in [6.07, 6.45) is 2.66. The summed E-state index contributed by atoms with van der Waals surface area (Å²) < 4.78 is 0. The standard InChI is InChI=1S/C19H19Cl2N7/c1-2-19(23)6-8-28(9-7-19)18-24-13(10-22)14-16(26-27-17(14)25-18)11-4-3-5-12(20)15(11)21/h3-5H,2,6-9,23H2,1H3,(H,24,25,26,27). The number of anilines is 1. The maximum atomic E-state index is 9.71. The molecule has 0 bridgehead atoms. The second-order valence-corrected chi connectivity index (χ2v) is 7.87. The Labute approximate surface area is 172 Å². The van der Waals surface area contributed by atoms with E-state index >= 15 is 0 Å². The van der Waals surface area contributed by atoms with Gasteiger partial charge >= 0.3 is 0 Å². The number of halogens is 2. The normalized spacial score (nSPS) is 16.3. The Kier molecular flexibility index (Phi) is 4.88. The van der Waals surface area contributed by atoms with Crippen LogP contribution in [0.25, 0.3) is 22.3 Å². The van der Waals surface area contributed by atoms with Crippen LogP contribution in [0, 0.1) is 11.3 Å². The van der Waals surface area contributed by atoms with Crippen molar-refractivity contribution in [2.75, 3.05) is 18.0 Å². The van der Waals surface area contributed by atoms with E-state index in [4.69, 9.17) is 28.9 Å². The number of benzene rings is 1. The number of H-pyrrole nitrogens is 1. The minimum absolute atomic E-state index is 0.136. The smallest absolute Gasteiger partial charge is 0.228 e. The van der Waals surface area contributed by atoms with Crippen LogP contribution in [0.5, 0.6) is 0 Å². The van der Waals surface area contributed by atoms with Gasteiger partial charge in [0.2, 0.25) is 5.95 Å². The summed E-state index contributed by atoms with van der Waals surface area (Å²) in [5, 5.41) is 18.3. The van der Waals surface area contributed by atoms with Gasteiger partial charge in [-0.25, -0.2) is 4.98 Å². The van der Waals surface area contributed by atoms with Gasteiger partial charge in [0.05, 0.1) is 15.4 Å². The molecular formula is C19H19Cl2N7. The number of nitrogens with one attached hydrogen (secondary N) is 1. The van der Waals surface area contributed by atoms with Crippen molar-refractivity contribution in [3.63, 3.8) is 0 Å². The molecule has 1 saturated heterocycles. The lowest BCUT2D eigenvalue weighted by atomic mass is 9.86. The average Bonchev–Trinajstić information content (AvgIpc) is 3.14. The summed E-state index contributed by atoms with van der Waals surface area (Å²) in [4.78, 5) is 11.2. The van der Waals surface area contributed by atoms with Crippen molar-refractivity contribution in [1.29, 1.82) is 5.26 Å². The number of nitrogens with two attached hydrogens (primary N) is 1. The summed E-state index contributed by atoms with van der Waals surface area (Å²) in [7, 11) is 0. The number of hydrogen-bond donors (Lipinski definition) is 2. The lowest BCUT2D eigenvalue weighted by Crippen LogP contribution is -2.50. The molecule has 0 atom stereocenters. The summed E-state index contributed by atoms with van der Waals surface area (Å²) in [5.74, 6) is 0.509. The summed E-state index contributed by atoms with van der Waals surface area (Å²) in [6, 6.07) is 7.45. The molecule has 1 aliphatic heterocycles. The van der Waals surface area contributed by atoms with Crippen LogP contribution in [0.4, 0.5) is 5.95 Å². The van der Waals surface area contributed by atoms with Gasteiger partial charge < -0.3 is 10.6 Å². The Balaban J connectivity index is 1.77. The predicted molar refractivity (Wildman–Crippen MR) is 111 cm³/mol. The third-order valence-electron chi connectivity index (χ3n) is 5.47. The van der Waals surface area contributed by atoms with Gasteiger partial charge in [-0.05, 0) is 25.3 Å². The first kappa shape index (κ1) is 18.9. The molecule has 7 nitrogen and oxygen atoms in total. The highest BCUT2D eigenvalue weighted by Crippen LogP contribution is 2.37. The predicted octanol–water partition coefficient (Wildman–Crippen LogP) is 3.91. The van der Waals surface area contributed by atoms with Crippen molar-refractivity contribution >= 4 is 40.2 Å². The molecule has 4 rings (SSSR count). The molecule has 1 aliphatic rings. The quantitative estimate of drug-likeness (QED) is 0.671. The molecule has 3 aromatic rings. The second kappa shape index (κ2) is 7.21. The van der Waals surface area contributed by atoms with E-state index in [-0.39, 0.29) is 11.2 Å². The van der Waals surface area contributed by atoms with Crippen LogP contribution in [-0.4, -0.2) is 38.8 Å². The zero-order chi connectivity index (χ0) is 19.9. The molecule has 3 N–H and O–H groups in total. The third kappa shape index (κ3) is 3.18. The van der Waals surface area contributed by atoms with E-state index in [1.807, 2.05) is 0 Å². The van der Waals surface area contributed by atoms with Crippen LogP contribution in [0.3, 0.4) is 0 Å². The Morgan fingerprint density at radius 2 is 2.04 bits per heavy atom. The summed E-state index contributed by atoms with van der Waals surface area (Å²) in [6.45, 7) is 3.61. The molecule has 28 heavy (non-hydrogen) atoms. The number of nitrogens with zero attached hydrogens (tertiary/aromatic N) is 5. The number of piperidine rings is 1. The maximum Gasteiger partial charge on any atom is 0.228 e. The zero-order valence-corrected chi connectivity index (χ0v) is 16.8. The summed E-state index contributed by atoms with van der Waals surface area (Å²) >= 11 is 12.5.